The van der Waals surface area contributed by atoms with Crippen molar-refractivity contribution in [2.45, 2.75) is 46.6 Å². The van der Waals surface area contributed by atoms with Crippen LogP contribution in [0.1, 0.15) is 40.5 Å². The molecule has 0 aromatic heterocycles. The van der Waals surface area contributed by atoms with Gasteiger partial charge in [-0.2, -0.15) is 0 Å². The van der Waals surface area contributed by atoms with E-state index in [4.69, 9.17) is 10.6 Å². The van der Waals surface area contributed by atoms with E-state index in [1.54, 1.807) is 0 Å². The number of hydrogen-bond donors (Lipinski definition) is 2. The summed E-state index contributed by atoms with van der Waals surface area (Å²) in [6.07, 6.45) is 1.68. The van der Waals surface area contributed by atoms with E-state index in [0.717, 1.165) is 12.8 Å². The molecule has 0 aliphatic carbocycles. The number of carbonyl (C=O) groups is 1. The molecule has 0 fully saturated rings. The van der Waals surface area contributed by atoms with E-state index < -0.39 is 6.10 Å². The maximum atomic E-state index is 11.3. The fourth-order valence-corrected chi connectivity index (χ4v) is 1.35. The molecule has 15 heavy (non-hydrogen) atoms. The third-order valence-electron chi connectivity index (χ3n) is 2.23. The van der Waals surface area contributed by atoms with Crippen molar-refractivity contribution >= 4 is 5.91 Å². The highest BCUT2D eigenvalue weighted by Crippen LogP contribution is 2.09. The Kier molecular flexibility index (Phi) is 7.34. The second-order valence-electron chi connectivity index (χ2n) is 4.58. The predicted octanol–water partition coefficient (Wildman–Crippen LogP) is 1.45. The topological polar surface area (TPSA) is 64.3 Å². The summed E-state index contributed by atoms with van der Waals surface area (Å²) >= 11 is 0. The summed E-state index contributed by atoms with van der Waals surface area (Å²) in [6.45, 7) is 8.86. The van der Waals surface area contributed by atoms with E-state index in [9.17, 15) is 4.79 Å². The Morgan fingerprint density at radius 2 is 1.93 bits per heavy atom. The summed E-state index contributed by atoms with van der Waals surface area (Å²) in [4.78, 5) is 11.3. The smallest absolute Gasteiger partial charge is 0.263 e. The second-order valence-corrected chi connectivity index (χ2v) is 4.58. The van der Waals surface area contributed by atoms with Gasteiger partial charge in [-0.3, -0.25) is 10.2 Å². The molecule has 90 valence electrons. The number of hydrazine groups is 1. The quantitative estimate of drug-likeness (QED) is 0.293. The third kappa shape index (κ3) is 6.47. The molecule has 0 saturated carbocycles. The van der Waals surface area contributed by atoms with E-state index >= 15 is 0 Å². The lowest BCUT2D eigenvalue weighted by Gasteiger charge is -2.19. The highest BCUT2D eigenvalue weighted by atomic mass is 16.5. The lowest BCUT2D eigenvalue weighted by Crippen LogP contribution is -2.43. The lowest BCUT2D eigenvalue weighted by molar-refractivity contribution is -0.135. The van der Waals surface area contributed by atoms with Crippen molar-refractivity contribution in [3.05, 3.63) is 0 Å². The van der Waals surface area contributed by atoms with Gasteiger partial charge in [0.2, 0.25) is 0 Å². The van der Waals surface area contributed by atoms with Gasteiger partial charge in [-0.15, -0.1) is 0 Å². The first-order chi connectivity index (χ1) is 6.99. The van der Waals surface area contributed by atoms with Crippen molar-refractivity contribution in [2.24, 2.45) is 17.7 Å². The maximum Gasteiger partial charge on any atom is 0.263 e. The molecule has 0 saturated heterocycles. The summed E-state index contributed by atoms with van der Waals surface area (Å²) in [7, 11) is 0. The van der Waals surface area contributed by atoms with Crippen molar-refractivity contribution in [1.29, 1.82) is 0 Å². The molecule has 0 heterocycles. The molecule has 0 spiro atoms. The standard InChI is InChI=1S/C11H24N2O2/c1-8(2)6-5-7-15-10(9(3)4)11(14)13-12/h8-10H,5-7,12H2,1-4H3,(H,13,14). The first-order valence-electron chi connectivity index (χ1n) is 5.61. The number of carbonyl (C=O) groups excluding carboxylic acids is 1. The van der Waals surface area contributed by atoms with Crippen LogP contribution >= 0.6 is 0 Å². The normalized spacial score (nSPS) is 13.3. The van der Waals surface area contributed by atoms with Crippen molar-refractivity contribution in [2.75, 3.05) is 6.61 Å². The molecule has 1 amide bonds. The highest BCUT2D eigenvalue weighted by molar-refractivity contribution is 5.80. The number of nitrogens with one attached hydrogen (secondary N) is 1. The van der Waals surface area contributed by atoms with Gasteiger partial charge >= 0.3 is 0 Å². The Hall–Kier alpha value is -0.610. The van der Waals surface area contributed by atoms with E-state index in [1.165, 1.54) is 0 Å². The Bertz CT molecular complexity index is 181. The highest BCUT2D eigenvalue weighted by Gasteiger charge is 2.21. The molecule has 0 bridgehead atoms. The molecule has 4 nitrogen and oxygen atoms in total. The van der Waals surface area contributed by atoms with Crippen LogP contribution in [0.15, 0.2) is 0 Å². The minimum Gasteiger partial charge on any atom is -0.368 e. The first-order valence-corrected chi connectivity index (χ1v) is 5.61. The van der Waals surface area contributed by atoms with Crippen molar-refractivity contribution in [1.82, 2.24) is 5.43 Å². The van der Waals surface area contributed by atoms with E-state index in [-0.39, 0.29) is 11.8 Å². The molecule has 4 heteroatoms. The summed E-state index contributed by atoms with van der Waals surface area (Å²) < 4.78 is 5.51. The van der Waals surface area contributed by atoms with Gasteiger partial charge in [-0.1, -0.05) is 27.7 Å². The maximum absolute atomic E-state index is 11.3. The van der Waals surface area contributed by atoms with Crippen molar-refractivity contribution in [3.8, 4) is 0 Å². The van der Waals surface area contributed by atoms with Gasteiger partial charge in [-0.25, -0.2) is 5.84 Å². The molecule has 3 N–H and O–H groups in total. The molecular weight excluding hydrogens is 192 g/mol. The average molecular weight is 216 g/mol. The molecule has 1 unspecified atom stereocenters. The summed E-state index contributed by atoms with van der Waals surface area (Å²) in [6, 6.07) is 0. The van der Waals surface area contributed by atoms with Gasteiger partial charge in [0.15, 0.2) is 0 Å². The Morgan fingerprint density at radius 1 is 1.33 bits per heavy atom. The predicted molar refractivity (Wildman–Crippen MR) is 61.0 cm³/mol. The first kappa shape index (κ1) is 14.4. The molecule has 0 aliphatic heterocycles. The number of hydrogen-bond acceptors (Lipinski definition) is 3. The minimum atomic E-state index is -0.429. The van der Waals surface area contributed by atoms with E-state index in [2.05, 4.69) is 19.3 Å². The zero-order chi connectivity index (χ0) is 11.8. The van der Waals surface area contributed by atoms with E-state index in [1.807, 2.05) is 13.8 Å². The number of amides is 1. The average Bonchev–Trinajstić information content (AvgIpc) is 2.15. The van der Waals surface area contributed by atoms with Crippen LogP contribution < -0.4 is 11.3 Å². The fourth-order valence-electron chi connectivity index (χ4n) is 1.35. The fraction of sp³-hybridized carbons (Fsp3) is 0.909. The van der Waals surface area contributed by atoms with Crippen LogP contribution in [0, 0.1) is 11.8 Å². The summed E-state index contributed by atoms with van der Waals surface area (Å²) in [5, 5.41) is 0. The van der Waals surface area contributed by atoms with Crippen LogP contribution in [0.5, 0.6) is 0 Å². The minimum absolute atomic E-state index is 0.146. The van der Waals surface area contributed by atoms with Crippen LogP contribution in [0.4, 0.5) is 0 Å². The van der Waals surface area contributed by atoms with Gasteiger partial charge in [0.25, 0.3) is 5.91 Å². The van der Waals surface area contributed by atoms with Gasteiger partial charge in [0, 0.05) is 6.61 Å². The van der Waals surface area contributed by atoms with Crippen LogP contribution in [0.25, 0.3) is 0 Å². The molecule has 0 rings (SSSR count). The molecule has 0 aliphatic rings. The Morgan fingerprint density at radius 3 is 2.33 bits per heavy atom. The van der Waals surface area contributed by atoms with Gasteiger partial charge in [-0.05, 0) is 24.7 Å². The summed E-state index contributed by atoms with van der Waals surface area (Å²) in [5.74, 6) is 5.66. The molecule has 1 atom stereocenters. The van der Waals surface area contributed by atoms with Gasteiger partial charge in [0.05, 0.1) is 0 Å². The molecule has 0 aromatic carbocycles. The Balaban J connectivity index is 3.82. The zero-order valence-corrected chi connectivity index (χ0v) is 10.2. The van der Waals surface area contributed by atoms with Gasteiger partial charge in [0.1, 0.15) is 6.10 Å². The largest absolute Gasteiger partial charge is 0.368 e. The van der Waals surface area contributed by atoms with Crippen LogP contribution in [0.2, 0.25) is 0 Å². The van der Waals surface area contributed by atoms with Crippen LogP contribution in [-0.2, 0) is 9.53 Å². The SMILES string of the molecule is CC(C)CCCOC(C(=O)NN)C(C)C. The second kappa shape index (κ2) is 7.65. The number of ether oxygens (including phenoxy) is 1. The molecular formula is C11H24N2O2. The molecule has 0 aromatic rings. The van der Waals surface area contributed by atoms with Crippen molar-refractivity contribution < 1.29 is 9.53 Å². The van der Waals surface area contributed by atoms with E-state index in [0.29, 0.717) is 12.5 Å². The number of rotatable bonds is 7. The molecule has 0 radical (unpaired) electrons. The summed E-state index contributed by atoms with van der Waals surface area (Å²) in [5.41, 5.74) is 2.13. The third-order valence-corrected chi connectivity index (χ3v) is 2.23. The van der Waals surface area contributed by atoms with Crippen LogP contribution in [-0.4, -0.2) is 18.6 Å². The monoisotopic (exact) mass is 216 g/mol. The van der Waals surface area contributed by atoms with Gasteiger partial charge < -0.3 is 4.74 Å². The lowest BCUT2D eigenvalue weighted by atomic mass is 10.1. The Labute approximate surface area is 92.5 Å². The zero-order valence-electron chi connectivity index (χ0n) is 10.2. The van der Waals surface area contributed by atoms with Crippen LogP contribution in [0.3, 0.4) is 0 Å². The number of nitrogens with two attached hydrogens (primary N) is 1. The van der Waals surface area contributed by atoms with Crippen molar-refractivity contribution in [3.63, 3.8) is 0 Å².